The molecule has 4 rings (SSSR count). The predicted molar refractivity (Wildman–Crippen MR) is 131 cm³/mol. The fourth-order valence-corrected chi connectivity index (χ4v) is 7.36. The Balaban J connectivity index is 0.00000300. The molecule has 4 saturated carbocycles. The molecule has 2 atom stereocenters. The molecule has 3 heteroatoms. The minimum Gasteiger partial charge on any atom is -0.372 e. The molecule has 0 heterocycles. The Morgan fingerprint density at radius 1 is 0.862 bits per heavy atom. The van der Waals surface area contributed by atoms with Gasteiger partial charge in [0.1, 0.15) is 0 Å². The highest BCUT2D eigenvalue weighted by Gasteiger charge is 2.52. The van der Waals surface area contributed by atoms with Gasteiger partial charge >= 0.3 is 0 Å². The van der Waals surface area contributed by atoms with Gasteiger partial charge in [0.15, 0.2) is 0 Å². The van der Waals surface area contributed by atoms with Crippen LogP contribution in [0.3, 0.4) is 0 Å². The first-order valence-electron chi connectivity index (χ1n) is 12.8. The molecule has 0 aromatic carbocycles. The van der Waals surface area contributed by atoms with Crippen molar-refractivity contribution in [2.24, 2.45) is 29.4 Å². The fourth-order valence-electron chi connectivity index (χ4n) is 7.36. The molecule has 0 aliphatic heterocycles. The van der Waals surface area contributed by atoms with Crippen LogP contribution in [0.4, 0.5) is 0 Å². The second-order valence-corrected chi connectivity index (χ2v) is 11.6. The predicted octanol–water partition coefficient (Wildman–Crippen LogP) is 7.82. The van der Waals surface area contributed by atoms with Gasteiger partial charge in [-0.25, -0.2) is 0 Å². The molecule has 29 heavy (non-hydrogen) atoms. The molecule has 2 N–H and O–H groups in total. The van der Waals surface area contributed by atoms with Crippen molar-refractivity contribution in [2.45, 2.75) is 141 Å². The van der Waals surface area contributed by atoms with Gasteiger partial charge in [-0.15, -0.1) is 17.0 Å². The van der Waals surface area contributed by atoms with Crippen molar-refractivity contribution < 1.29 is 4.74 Å². The molecule has 0 radical (unpaired) electrons. The first kappa shape index (κ1) is 25.7. The van der Waals surface area contributed by atoms with Gasteiger partial charge in [0.2, 0.25) is 0 Å². The topological polar surface area (TPSA) is 35.2 Å². The maximum Gasteiger partial charge on any atom is 0.0694 e. The van der Waals surface area contributed by atoms with E-state index >= 15 is 0 Å². The monoisotopic (exact) mass is 471 g/mol. The summed E-state index contributed by atoms with van der Waals surface area (Å²) in [6.45, 7) is 9.08. The van der Waals surface area contributed by atoms with Gasteiger partial charge in [-0.1, -0.05) is 58.3 Å². The largest absolute Gasteiger partial charge is 0.372 e. The Bertz CT molecular complexity index is 437. The third-order valence-corrected chi connectivity index (χ3v) is 8.31. The summed E-state index contributed by atoms with van der Waals surface area (Å²) < 4.78 is 6.98. The van der Waals surface area contributed by atoms with Crippen LogP contribution in [0.15, 0.2) is 0 Å². The number of unbranched alkanes of at least 4 members (excludes halogenated alkanes) is 7. The van der Waals surface area contributed by atoms with E-state index in [1.54, 1.807) is 0 Å². The Hall–Kier alpha value is 0.400. The van der Waals surface area contributed by atoms with E-state index in [4.69, 9.17) is 10.5 Å². The quantitative estimate of drug-likeness (QED) is 0.277. The summed E-state index contributed by atoms with van der Waals surface area (Å²) in [7, 11) is 0. The molecule has 0 spiro atoms. The van der Waals surface area contributed by atoms with E-state index in [0.29, 0.717) is 12.0 Å². The van der Waals surface area contributed by atoms with E-state index in [1.807, 2.05) is 0 Å². The van der Waals surface area contributed by atoms with E-state index in [9.17, 15) is 0 Å². The summed E-state index contributed by atoms with van der Waals surface area (Å²) >= 11 is 0. The van der Waals surface area contributed by atoms with Crippen molar-refractivity contribution in [3.63, 3.8) is 0 Å². The first-order valence-corrected chi connectivity index (χ1v) is 12.8. The highest BCUT2D eigenvalue weighted by molar-refractivity contribution is 8.93. The van der Waals surface area contributed by atoms with Gasteiger partial charge in [0, 0.05) is 11.5 Å². The zero-order valence-corrected chi connectivity index (χ0v) is 21.6. The number of ether oxygens (including phenoxy) is 1. The van der Waals surface area contributed by atoms with Gasteiger partial charge in [-0.05, 0) is 83.5 Å². The summed E-state index contributed by atoms with van der Waals surface area (Å²) in [5.41, 5.74) is 6.72. The van der Waals surface area contributed by atoms with Gasteiger partial charge in [-0.2, -0.15) is 0 Å². The third-order valence-electron chi connectivity index (χ3n) is 8.31. The van der Waals surface area contributed by atoms with E-state index in [-0.39, 0.29) is 28.1 Å². The molecule has 4 bridgehead atoms. The van der Waals surface area contributed by atoms with Crippen LogP contribution in [-0.2, 0) is 4.74 Å². The molecule has 172 valence electrons. The highest BCUT2D eigenvalue weighted by atomic mass is 79.9. The molecule has 2 nitrogen and oxygen atoms in total. The van der Waals surface area contributed by atoms with Crippen LogP contribution in [0.5, 0.6) is 0 Å². The molecular weight excluding hydrogens is 422 g/mol. The van der Waals surface area contributed by atoms with Crippen molar-refractivity contribution in [1.82, 2.24) is 0 Å². The van der Waals surface area contributed by atoms with Crippen molar-refractivity contribution >= 4 is 17.0 Å². The number of hydrogen-bond acceptors (Lipinski definition) is 2. The molecule has 0 aromatic rings. The number of hydrogen-bond donors (Lipinski definition) is 1. The van der Waals surface area contributed by atoms with E-state index < -0.39 is 0 Å². The summed E-state index contributed by atoms with van der Waals surface area (Å²) in [6, 6.07) is 0. The molecule has 4 aliphatic rings. The molecule has 4 aliphatic carbocycles. The average Bonchev–Trinajstić information content (AvgIpc) is 2.57. The normalized spacial score (nSPS) is 32.8. The fraction of sp³-hybridized carbons (Fsp3) is 1.00. The van der Waals surface area contributed by atoms with Gasteiger partial charge in [-0.3, -0.25) is 0 Å². The summed E-state index contributed by atoms with van der Waals surface area (Å²) in [5.74, 6) is 3.34. The maximum absolute atomic E-state index is 6.98. The van der Waals surface area contributed by atoms with Crippen molar-refractivity contribution in [2.75, 3.05) is 0 Å². The minimum absolute atomic E-state index is 0. The standard InChI is InChI=1S/C26H49NO.BrH/c1-5-6-7-8-9-10-11-12-13-24(25(3,4)27)20(2)28-26-17-21-14-22(18-26)16-23(15-21)19-26;/h20-24H,5-19,27H2,1-4H3;1H. The summed E-state index contributed by atoms with van der Waals surface area (Å²) in [4.78, 5) is 0. The van der Waals surface area contributed by atoms with Crippen molar-refractivity contribution in [3.8, 4) is 0 Å². The Labute approximate surface area is 192 Å². The zero-order chi connectivity index (χ0) is 20.2. The molecule has 0 aromatic heterocycles. The Morgan fingerprint density at radius 2 is 1.31 bits per heavy atom. The summed E-state index contributed by atoms with van der Waals surface area (Å²) in [6.07, 6.45) is 21.1. The Kier molecular flexibility index (Phi) is 10.0. The Morgan fingerprint density at radius 3 is 1.76 bits per heavy atom. The number of nitrogens with two attached hydrogens (primary N) is 1. The lowest BCUT2D eigenvalue weighted by molar-refractivity contribution is -0.198. The number of halogens is 1. The van der Waals surface area contributed by atoms with Crippen LogP contribution in [0.25, 0.3) is 0 Å². The van der Waals surface area contributed by atoms with Crippen LogP contribution in [0.1, 0.15) is 124 Å². The van der Waals surface area contributed by atoms with Gasteiger partial charge < -0.3 is 10.5 Å². The lowest BCUT2D eigenvalue weighted by atomic mass is 9.54. The van der Waals surface area contributed by atoms with E-state index in [0.717, 1.165) is 17.8 Å². The van der Waals surface area contributed by atoms with Crippen molar-refractivity contribution in [1.29, 1.82) is 0 Å². The second kappa shape index (κ2) is 11.3. The molecule has 0 saturated heterocycles. The summed E-state index contributed by atoms with van der Waals surface area (Å²) in [5, 5.41) is 0. The molecule has 0 amide bonds. The van der Waals surface area contributed by atoms with Crippen LogP contribution in [0.2, 0.25) is 0 Å². The minimum atomic E-state index is -0.150. The van der Waals surface area contributed by atoms with Crippen LogP contribution >= 0.6 is 17.0 Å². The van der Waals surface area contributed by atoms with E-state index in [2.05, 4.69) is 27.7 Å². The highest BCUT2D eigenvalue weighted by Crippen LogP contribution is 2.57. The molecule has 4 fully saturated rings. The van der Waals surface area contributed by atoms with Crippen molar-refractivity contribution in [3.05, 3.63) is 0 Å². The van der Waals surface area contributed by atoms with E-state index in [1.165, 1.54) is 96.3 Å². The smallest absolute Gasteiger partial charge is 0.0694 e. The molecular formula is C26H50BrNO. The van der Waals surface area contributed by atoms with Crippen LogP contribution < -0.4 is 5.73 Å². The van der Waals surface area contributed by atoms with Crippen LogP contribution in [0, 0.1) is 23.7 Å². The second-order valence-electron chi connectivity index (χ2n) is 11.6. The van der Waals surface area contributed by atoms with Gasteiger partial charge in [0.25, 0.3) is 0 Å². The third kappa shape index (κ3) is 7.21. The zero-order valence-electron chi connectivity index (χ0n) is 19.9. The van der Waals surface area contributed by atoms with Gasteiger partial charge in [0.05, 0.1) is 11.7 Å². The lowest BCUT2D eigenvalue weighted by Crippen LogP contribution is -2.55. The SMILES string of the molecule is Br.CCCCCCCCCCC(C(C)OC12CC3CC(CC(C3)C1)C2)C(C)(C)N. The maximum atomic E-state index is 6.98. The molecule has 2 unspecified atom stereocenters. The van der Waals surface area contributed by atoms with Crippen LogP contribution in [-0.4, -0.2) is 17.2 Å². The average molecular weight is 473 g/mol. The first-order chi connectivity index (χ1) is 13.3. The lowest BCUT2D eigenvalue weighted by Gasteiger charge is -2.57. The number of rotatable bonds is 13.